The van der Waals surface area contributed by atoms with E-state index in [1.54, 1.807) is 7.05 Å². The molecule has 6 nitrogen and oxygen atoms in total. The van der Waals surface area contributed by atoms with Crippen molar-refractivity contribution in [3.8, 4) is 0 Å². The second kappa shape index (κ2) is 5.65. The summed E-state index contributed by atoms with van der Waals surface area (Å²) in [4.78, 5) is 28.4. The van der Waals surface area contributed by atoms with Crippen LogP contribution in [0.3, 0.4) is 0 Å². The molecule has 2 unspecified atom stereocenters. The molecule has 3 amide bonds. The predicted molar refractivity (Wildman–Crippen MR) is 87.0 cm³/mol. The molecule has 2 bridgehead atoms. The van der Waals surface area contributed by atoms with Crippen molar-refractivity contribution in [2.75, 3.05) is 26.7 Å². The second-order valence-electron chi connectivity index (χ2n) is 7.96. The van der Waals surface area contributed by atoms with E-state index in [2.05, 4.69) is 20.4 Å². The van der Waals surface area contributed by atoms with E-state index in [4.69, 9.17) is 0 Å². The quantitative estimate of drug-likeness (QED) is 0.755. The van der Waals surface area contributed by atoms with Gasteiger partial charge in [-0.15, -0.1) is 0 Å². The Kier molecular flexibility index (Phi) is 3.75. The highest BCUT2D eigenvalue weighted by Crippen LogP contribution is 2.42. The van der Waals surface area contributed by atoms with Crippen molar-refractivity contribution in [2.45, 2.75) is 63.1 Å². The average molecular weight is 320 g/mol. The lowest BCUT2D eigenvalue weighted by molar-refractivity contribution is -0.119. The molecule has 1 spiro atoms. The predicted octanol–water partition coefficient (Wildman–Crippen LogP) is 0.923. The molecule has 23 heavy (non-hydrogen) atoms. The summed E-state index contributed by atoms with van der Waals surface area (Å²) in [5.74, 6) is 0.232. The summed E-state index contributed by atoms with van der Waals surface area (Å²) in [5.41, 5.74) is 0.232. The number of fused-ring (bicyclic) bond motifs is 2. The molecule has 0 aromatic rings. The molecule has 4 rings (SSSR count). The Bertz CT molecular complexity index is 487. The standard InChI is InChI=1S/C17H28N4O2/c1-18-16(23)21-12-2-3-13(21)9-14(8-12)20-6-4-17(5-7-20)10-15(22)19-11-17/h12-14H,2-11H2,1H3,(H,18,23)(H,19,22). The smallest absolute Gasteiger partial charge is 0.317 e. The molecule has 0 aromatic carbocycles. The maximum absolute atomic E-state index is 12.1. The minimum atomic E-state index is 0.101. The van der Waals surface area contributed by atoms with Crippen LogP contribution in [-0.2, 0) is 4.79 Å². The first kappa shape index (κ1) is 15.2. The number of rotatable bonds is 1. The van der Waals surface area contributed by atoms with Crippen LogP contribution in [0.2, 0.25) is 0 Å². The molecule has 0 aromatic heterocycles. The largest absolute Gasteiger partial charge is 0.356 e. The van der Waals surface area contributed by atoms with Crippen LogP contribution in [0.15, 0.2) is 0 Å². The molecule has 4 heterocycles. The molecule has 2 atom stereocenters. The fraction of sp³-hybridized carbons (Fsp3) is 0.882. The van der Waals surface area contributed by atoms with Gasteiger partial charge in [0.1, 0.15) is 0 Å². The number of urea groups is 1. The molecular weight excluding hydrogens is 292 g/mol. The molecule has 4 aliphatic heterocycles. The van der Waals surface area contributed by atoms with Gasteiger partial charge in [-0.1, -0.05) is 0 Å². The van der Waals surface area contributed by atoms with Gasteiger partial charge in [0.05, 0.1) is 0 Å². The van der Waals surface area contributed by atoms with Gasteiger partial charge in [-0.3, -0.25) is 4.79 Å². The molecule has 0 saturated carbocycles. The van der Waals surface area contributed by atoms with Crippen LogP contribution in [0.25, 0.3) is 0 Å². The van der Waals surface area contributed by atoms with Gasteiger partial charge in [-0.05, 0) is 57.0 Å². The third-order valence-electron chi connectivity index (χ3n) is 6.73. The van der Waals surface area contributed by atoms with Crippen LogP contribution in [0, 0.1) is 5.41 Å². The maximum atomic E-state index is 12.1. The third kappa shape index (κ3) is 2.61. The minimum absolute atomic E-state index is 0.101. The minimum Gasteiger partial charge on any atom is -0.356 e. The molecule has 4 fully saturated rings. The average Bonchev–Trinajstić information content (AvgIpc) is 3.04. The van der Waals surface area contributed by atoms with E-state index >= 15 is 0 Å². The number of carbonyl (C=O) groups excluding carboxylic acids is 2. The zero-order valence-corrected chi connectivity index (χ0v) is 14.0. The van der Waals surface area contributed by atoms with E-state index in [1.165, 1.54) is 0 Å². The van der Waals surface area contributed by atoms with Gasteiger partial charge in [0.15, 0.2) is 0 Å². The molecule has 0 aliphatic carbocycles. The summed E-state index contributed by atoms with van der Waals surface area (Å²) in [6, 6.07) is 1.56. The lowest BCUT2D eigenvalue weighted by Crippen LogP contribution is -2.56. The summed E-state index contributed by atoms with van der Waals surface area (Å²) < 4.78 is 0. The van der Waals surface area contributed by atoms with E-state index < -0.39 is 0 Å². The van der Waals surface area contributed by atoms with Crippen LogP contribution in [0.5, 0.6) is 0 Å². The Morgan fingerprint density at radius 2 is 1.83 bits per heavy atom. The van der Waals surface area contributed by atoms with E-state index in [9.17, 15) is 9.59 Å². The molecule has 128 valence electrons. The molecule has 2 N–H and O–H groups in total. The number of piperidine rings is 2. The Labute approximate surface area is 137 Å². The lowest BCUT2D eigenvalue weighted by Gasteiger charge is -2.47. The van der Waals surface area contributed by atoms with Crippen LogP contribution >= 0.6 is 0 Å². The van der Waals surface area contributed by atoms with Gasteiger partial charge in [-0.25, -0.2) is 4.79 Å². The normalized spacial score (nSPS) is 36.3. The SMILES string of the molecule is CNC(=O)N1C2CCC1CC(N1CCC3(CC1)CNC(=O)C3)C2. The van der Waals surface area contributed by atoms with Crippen molar-refractivity contribution in [1.82, 2.24) is 20.4 Å². The summed E-state index contributed by atoms with van der Waals surface area (Å²) in [6.07, 6.45) is 7.55. The zero-order valence-electron chi connectivity index (χ0n) is 14.0. The molecule has 4 saturated heterocycles. The number of nitrogens with one attached hydrogen (secondary N) is 2. The molecule has 6 heteroatoms. The summed E-state index contributed by atoms with van der Waals surface area (Å²) >= 11 is 0. The van der Waals surface area contributed by atoms with Crippen molar-refractivity contribution in [3.63, 3.8) is 0 Å². The van der Waals surface area contributed by atoms with E-state index in [-0.39, 0.29) is 17.4 Å². The van der Waals surface area contributed by atoms with Crippen molar-refractivity contribution in [1.29, 1.82) is 0 Å². The Morgan fingerprint density at radius 3 is 2.35 bits per heavy atom. The third-order valence-corrected chi connectivity index (χ3v) is 6.73. The van der Waals surface area contributed by atoms with Crippen molar-refractivity contribution in [3.05, 3.63) is 0 Å². The van der Waals surface area contributed by atoms with E-state index in [1.807, 2.05) is 0 Å². The zero-order chi connectivity index (χ0) is 16.0. The first-order chi connectivity index (χ1) is 11.1. The van der Waals surface area contributed by atoms with Crippen LogP contribution in [0.1, 0.15) is 44.9 Å². The fourth-order valence-electron chi connectivity index (χ4n) is 5.38. The van der Waals surface area contributed by atoms with Crippen molar-refractivity contribution >= 4 is 11.9 Å². The number of hydrogen-bond donors (Lipinski definition) is 2. The van der Waals surface area contributed by atoms with Crippen LogP contribution < -0.4 is 10.6 Å². The first-order valence-corrected chi connectivity index (χ1v) is 9.11. The topological polar surface area (TPSA) is 64.7 Å². The highest BCUT2D eigenvalue weighted by molar-refractivity contribution is 5.79. The first-order valence-electron chi connectivity index (χ1n) is 9.11. The summed E-state index contributed by atoms with van der Waals surface area (Å²) in [5, 5.41) is 5.82. The highest BCUT2D eigenvalue weighted by atomic mass is 16.2. The Balaban J connectivity index is 1.36. The number of amides is 3. The van der Waals surface area contributed by atoms with Gasteiger partial charge in [0.2, 0.25) is 5.91 Å². The molecule has 0 radical (unpaired) electrons. The van der Waals surface area contributed by atoms with Crippen molar-refractivity contribution in [2.24, 2.45) is 5.41 Å². The summed E-state index contributed by atoms with van der Waals surface area (Å²) in [7, 11) is 1.73. The monoisotopic (exact) mass is 320 g/mol. The van der Waals surface area contributed by atoms with Gasteiger partial charge in [0, 0.05) is 38.1 Å². The van der Waals surface area contributed by atoms with E-state index in [0.717, 1.165) is 64.6 Å². The highest BCUT2D eigenvalue weighted by Gasteiger charge is 2.47. The Hall–Kier alpha value is -1.30. The molecule has 4 aliphatic rings. The molecular formula is C17H28N4O2. The number of likely N-dealkylation sites (tertiary alicyclic amines) is 1. The van der Waals surface area contributed by atoms with E-state index in [0.29, 0.717) is 18.1 Å². The van der Waals surface area contributed by atoms with Crippen LogP contribution in [0.4, 0.5) is 4.79 Å². The number of nitrogens with zero attached hydrogens (tertiary/aromatic N) is 2. The summed E-state index contributed by atoms with van der Waals surface area (Å²) in [6.45, 7) is 3.10. The lowest BCUT2D eigenvalue weighted by atomic mass is 9.77. The number of hydrogen-bond acceptors (Lipinski definition) is 3. The number of carbonyl (C=O) groups is 2. The Morgan fingerprint density at radius 1 is 1.17 bits per heavy atom. The van der Waals surface area contributed by atoms with Gasteiger partial charge >= 0.3 is 6.03 Å². The van der Waals surface area contributed by atoms with Gasteiger partial charge in [-0.2, -0.15) is 0 Å². The van der Waals surface area contributed by atoms with Gasteiger partial charge in [0.25, 0.3) is 0 Å². The van der Waals surface area contributed by atoms with Gasteiger partial charge < -0.3 is 20.4 Å². The maximum Gasteiger partial charge on any atom is 0.317 e. The second-order valence-corrected chi connectivity index (χ2v) is 7.96. The van der Waals surface area contributed by atoms with Crippen molar-refractivity contribution < 1.29 is 9.59 Å². The fourth-order valence-corrected chi connectivity index (χ4v) is 5.38. The van der Waals surface area contributed by atoms with Crippen LogP contribution in [-0.4, -0.2) is 66.5 Å².